The molecule has 0 saturated carbocycles. The van der Waals surface area contributed by atoms with E-state index in [0.29, 0.717) is 16.5 Å². The first kappa shape index (κ1) is 16.3. The average molecular weight is 328 g/mol. The molecule has 0 aliphatic carbocycles. The van der Waals surface area contributed by atoms with Gasteiger partial charge in [-0.15, -0.1) is 35.3 Å². The minimum atomic E-state index is -4.31. The first-order chi connectivity index (χ1) is 8.41. The molecule has 104 valence electrons. The van der Waals surface area contributed by atoms with Crippen molar-refractivity contribution in [3.63, 3.8) is 0 Å². The zero-order valence-corrected chi connectivity index (χ0v) is 12.2. The summed E-state index contributed by atoms with van der Waals surface area (Å²) in [6.45, 7) is 1.84. The molecular formula is C12H10Cl2F3NS. The quantitative estimate of drug-likeness (QED) is 0.682. The molecule has 0 unspecified atom stereocenters. The maximum absolute atomic E-state index is 12.4. The van der Waals surface area contributed by atoms with Gasteiger partial charge in [-0.25, -0.2) is 4.98 Å². The summed E-state index contributed by atoms with van der Waals surface area (Å²) in [5.41, 5.74) is 0.842. The van der Waals surface area contributed by atoms with Crippen molar-refractivity contribution >= 4 is 35.3 Å². The second-order valence-electron chi connectivity index (χ2n) is 3.74. The van der Waals surface area contributed by atoms with Gasteiger partial charge >= 0.3 is 6.18 Å². The summed E-state index contributed by atoms with van der Waals surface area (Å²) in [6.07, 6.45) is -4.31. The third-order valence-corrected chi connectivity index (χ3v) is 4.11. The standard InChI is InChI=1S/C12H9ClF3NS.ClH/c1-7-10(6-13)18-11(17-7)8-2-4-9(5-3-8)12(14,15)16;/h2-5H,6H2,1H3;1H. The number of aromatic nitrogens is 1. The molecule has 0 fully saturated rings. The van der Waals surface area contributed by atoms with Gasteiger partial charge in [0.25, 0.3) is 0 Å². The molecular weight excluding hydrogens is 318 g/mol. The number of alkyl halides is 4. The zero-order valence-electron chi connectivity index (χ0n) is 9.79. The Morgan fingerprint density at radius 2 is 1.79 bits per heavy atom. The third-order valence-electron chi connectivity index (χ3n) is 2.47. The van der Waals surface area contributed by atoms with Crippen molar-refractivity contribution < 1.29 is 13.2 Å². The van der Waals surface area contributed by atoms with Gasteiger partial charge in [-0.1, -0.05) is 12.1 Å². The van der Waals surface area contributed by atoms with Gasteiger partial charge in [-0.3, -0.25) is 0 Å². The van der Waals surface area contributed by atoms with Crippen molar-refractivity contribution in [1.82, 2.24) is 4.98 Å². The summed E-state index contributed by atoms with van der Waals surface area (Å²) < 4.78 is 37.2. The van der Waals surface area contributed by atoms with Crippen LogP contribution in [0, 0.1) is 6.92 Å². The van der Waals surface area contributed by atoms with Crippen LogP contribution >= 0.6 is 35.3 Å². The van der Waals surface area contributed by atoms with Gasteiger partial charge in [0.15, 0.2) is 0 Å². The van der Waals surface area contributed by atoms with Crippen molar-refractivity contribution in [1.29, 1.82) is 0 Å². The van der Waals surface area contributed by atoms with Gasteiger partial charge in [0.1, 0.15) is 5.01 Å². The van der Waals surface area contributed by atoms with Crippen molar-refractivity contribution in [2.75, 3.05) is 0 Å². The number of hydrogen-bond acceptors (Lipinski definition) is 2. The van der Waals surface area contributed by atoms with Crippen LogP contribution in [-0.2, 0) is 12.1 Å². The molecule has 19 heavy (non-hydrogen) atoms. The summed E-state index contributed by atoms with van der Waals surface area (Å²) in [4.78, 5) is 5.23. The van der Waals surface area contributed by atoms with Gasteiger partial charge in [0.2, 0.25) is 0 Å². The molecule has 0 saturated heterocycles. The molecule has 1 aromatic carbocycles. The van der Waals surface area contributed by atoms with Crippen LogP contribution in [0.2, 0.25) is 0 Å². The topological polar surface area (TPSA) is 12.9 Å². The van der Waals surface area contributed by atoms with E-state index in [1.54, 1.807) is 0 Å². The van der Waals surface area contributed by atoms with E-state index in [1.807, 2.05) is 6.92 Å². The Bertz CT molecular complexity index is 549. The Hall–Kier alpha value is -0.780. The third kappa shape index (κ3) is 3.61. The molecule has 0 bridgehead atoms. The summed E-state index contributed by atoms with van der Waals surface area (Å²) in [7, 11) is 0. The van der Waals surface area contributed by atoms with Gasteiger partial charge in [0, 0.05) is 10.4 Å². The number of nitrogens with zero attached hydrogens (tertiary/aromatic N) is 1. The second kappa shape index (κ2) is 6.11. The highest BCUT2D eigenvalue weighted by molar-refractivity contribution is 7.15. The van der Waals surface area contributed by atoms with E-state index in [0.717, 1.165) is 22.7 Å². The molecule has 7 heteroatoms. The maximum Gasteiger partial charge on any atom is 0.416 e. The lowest BCUT2D eigenvalue weighted by atomic mass is 10.1. The SMILES string of the molecule is Cc1nc(-c2ccc(C(F)(F)F)cc2)sc1CCl.Cl. The van der Waals surface area contributed by atoms with Crippen molar-refractivity contribution in [2.45, 2.75) is 19.0 Å². The number of benzene rings is 1. The lowest BCUT2D eigenvalue weighted by Gasteiger charge is -2.06. The molecule has 0 spiro atoms. The summed E-state index contributed by atoms with van der Waals surface area (Å²) in [5.74, 6) is 0.365. The van der Waals surface area contributed by atoms with Gasteiger partial charge in [-0.05, 0) is 19.1 Å². The predicted molar refractivity (Wildman–Crippen MR) is 74.1 cm³/mol. The Balaban J connectivity index is 0.00000180. The first-order valence-electron chi connectivity index (χ1n) is 5.11. The minimum absolute atomic E-state index is 0. The number of thiazole rings is 1. The molecule has 0 N–H and O–H groups in total. The van der Waals surface area contributed by atoms with Crippen LogP contribution in [0.1, 0.15) is 16.1 Å². The zero-order chi connectivity index (χ0) is 13.3. The van der Waals surface area contributed by atoms with Crippen LogP contribution in [-0.4, -0.2) is 4.98 Å². The van der Waals surface area contributed by atoms with E-state index >= 15 is 0 Å². The molecule has 1 aromatic heterocycles. The smallest absolute Gasteiger partial charge is 0.241 e. The number of aryl methyl sites for hydroxylation is 1. The van der Waals surface area contributed by atoms with Gasteiger partial charge < -0.3 is 0 Å². The van der Waals surface area contributed by atoms with Gasteiger partial charge in [0.05, 0.1) is 17.1 Å². The maximum atomic E-state index is 12.4. The number of halogens is 5. The molecule has 1 nitrogen and oxygen atoms in total. The first-order valence-corrected chi connectivity index (χ1v) is 6.47. The minimum Gasteiger partial charge on any atom is -0.241 e. The van der Waals surface area contributed by atoms with Gasteiger partial charge in [-0.2, -0.15) is 13.2 Å². The molecule has 0 aliphatic rings. The summed E-state index contributed by atoms with van der Waals surface area (Å²) >= 11 is 7.14. The molecule has 1 heterocycles. The molecule has 2 aromatic rings. The number of rotatable bonds is 2. The van der Waals surface area contributed by atoms with Crippen molar-refractivity contribution in [3.05, 3.63) is 40.4 Å². The Morgan fingerprint density at radius 1 is 1.21 bits per heavy atom. The van der Waals surface area contributed by atoms with Crippen LogP contribution in [0.3, 0.4) is 0 Å². The van der Waals surface area contributed by atoms with E-state index in [1.165, 1.54) is 23.5 Å². The lowest BCUT2D eigenvalue weighted by Crippen LogP contribution is -2.03. The van der Waals surface area contributed by atoms with Crippen LogP contribution in [0.15, 0.2) is 24.3 Å². The lowest BCUT2D eigenvalue weighted by molar-refractivity contribution is -0.137. The summed E-state index contributed by atoms with van der Waals surface area (Å²) in [6, 6.07) is 4.98. The largest absolute Gasteiger partial charge is 0.416 e. The molecule has 0 amide bonds. The Kier molecular flexibility index (Phi) is 5.24. The van der Waals surface area contributed by atoms with Crippen LogP contribution < -0.4 is 0 Å². The number of hydrogen-bond donors (Lipinski definition) is 0. The van der Waals surface area contributed by atoms with E-state index in [2.05, 4.69) is 4.98 Å². The fourth-order valence-electron chi connectivity index (χ4n) is 1.48. The summed E-state index contributed by atoms with van der Waals surface area (Å²) in [5, 5.41) is 0.692. The van der Waals surface area contributed by atoms with Crippen LogP contribution in [0.4, 0.5) is 13.2 Å². The second-order valence-corrected chi connectivity index (χ2v) is 5.09. The normalized spacial score (nSPS) is 11.2. The van der Waals surface area contributed by atoms with Crippen molar-refractivity contribution in [3.8, 4) is 10.6 Å². The molecule has 2 rings (SSSR count). The highest BCUT2D eigenvalue weighted by atomic mass is 35.5. The Morgan fingerprint density at radius 3 is 2.21 bits per heavy atom. The predicted octanol–water partition coefficient (Wildman–Crippen LogP) is 5.30. The van der Waals surface area contributed by atoms with E-state index < -0.39 is 11.7 Å². The Labute approximate surface area is 123 Å². The van der Waals surface area contributed by atoms with Crippen molar-refractivity contribution in [2.24, 2.45) is 0 Å². The van der Waals surface area contributed by atoms with Crippen LogP contribution in [0.25, 0.3) is 10.6 Å². The van der Waals surface area contributed by atoms with Crippen LogP contribution in [0.5, 0.6) is 0 Å². The molecule has 0 atom stereocenters. The molecule has 0 aliphatic heterocycles. The highest BCUT2D eigenvalue weighted by Crippen LogP contribution is 2.33. The van der Waals surface area contributed by atoms with E-state index in [-0.39, 0.29) is 12.4 Å². The average Bonchev–Trinajstić information content (AvgIpc) is 2.69. The fraction of sp³-hybridized carbons (Fsp3) is 0.250. The van der Waals surface area contributed by atoms with E-state index in [9.17, 15) is 13.2 Å². The molecule has 0 radical (unpaired) electrons. The van der Waals surface area contributed by atoms with E-state index in [4.69, 9.17) is 11.6 Å². The fourth-order valence-corrected chi connectivity index (χ4v) is 2.75. The highest BCUT2D eigenvalue weighted by Gasteiger charge is 2.30. The monoisotopic (exact) mass is 327 g/mol.